The summed E-state index contributed by atoms with van der Waals surface area (Å²) in [5.41, 5.74) is 6.22. The van der Waals surface area contributed by atoms with Gasteiger partial charge >= 0.3 is 5.97 Å². The van der Waals surface area contributed by atoms with Crippen molar-refractivity contribution in [1.29, 1.82) is 0 Å². The molecule has 0 amide bonds. The van der Waals surface area contributed by atoms with Crippen LogP contribution in [0.1, 0.15) is 20.3 Å². The lowest BCUT2D eigenvalue weighted by molar-refractivity contribution is -0.139. The quantitative estimate of drug-likeness (QED) is 0.768. The number of carboxylic acid groups (broad SMARTS) is 1. The molecule has 0 saturated carbocycles. The number of pyridine rings is 1. The first-order chi connectivity index (χ1) is 6.99. The Bertz CT molecular complexity index is 370. The number of carbonyl (C=O) groups is 1. The molecule has 0 aliphatic rings. The Morgan fingerprint density at radius 2 is 2.40 bits per heavy atom. The van der Waals surface area contributed by atoms with Gasteiger partial charge in [0.15, 0.2) is 0 Å². The molecule has 0 radical (unpaired) electrons. The molecule has 0 bridgehead atoms. The molecule has 82 valence electrons. The van der Waals surface area contributed by atoms with Crippen LogP contribution in [0.2, 0.25) is 0 Å². The van der Waals surface area contributed by atoms with Crippen molar-refractivity contribution in [2.75, 3.05) is 5.73 Å². The summed E-state index contributed by atoms with van der Waals surface area (Å²) < 4.78 is -0.873. The second kappa shape index (κ2) is 4.53. The van der Waals surface area contributed by atoms with Gasteiger partial charge in [-0.1, -0.05) is 18.7 Å². The van der Waals surface area contributed by atoms with Gasteiger partial charge in [0.05, 0.1) is 5.69 Å². The standard InChI is InChI=1S/C10H14N2O2S/c1-3-10(2,9(13)14)15-8-7(11)5-4-6-12-8/h4-6H,3,11H2,1-2H3,(H,13,14). The molecule has 1 rings (SSSR count). The van der Waals surface area contributed by atoms with Gasteiger partial charge < -0.3 is 10.8 Å². The van der Waals surface area contributed by atoms with Gasteiger partial charge in [-0.2, -0.15) is 0 Å². The van der Waals surface area contributed by atoms with Crippen LogP contribution < -0.4 is 5.73 Å². The van der Waals surface area contributed by atoms with Crippen LogP contribution in [-0.2, 0) is 4.79 Å². The van der Waals surface area contributed by atoms with E-state index in [2.05, 4.69) is 4.98 Å². The predicted molar refractivity (Wildman–Crippen MR) is 60.8 cm³/mol. The third-order valence-electron chi connectivity index (χ3n) is 2.25. The number of hydrogen-bond donors (Lipinski definition) is 2. The zero-order valence-electron chi connectivity index (χ0n) is 8.73. The fraction of sp³-hybridized carbons (Fsp3) is 0.400. The van der Waals surface area contributed by atoms with E-state index < -0.39 is 10.7 Å². The van der Waals surface area contributed by atoms with Gasteiger partial charge in [-0.15, -0.1) is 0 Å². The minimum atomic E-state index is -0.873. The first kappa shape index (κ1) is 11.8. The second-order valence-corrected chi connectivity index (χ2v) is 4.88. The average Bonchev–Trinajstić information content (AvgIpc) is 2.21. The first-order valence-corrected chi connectivity index (χ1v) is 5.44. The molecule has 0 spiro atoms. The molecule has 3 N–H and O–H groups in total. The van der Waals surface area contributed by atoms with E-state index in [0.717, 1.165) is 0 Å². The zero-order valence-corrected chi connectivity index (χ0v) is 9.54. The Morgan fingerprint density at radius 1 is 1.73 bits per heavy atom. The monoisotopic (exact) mass is 226 g/mol. The summed E-state index contributed by atoms with van der Waals surface area (Å²) in [6.45, 7) is 3.51. The number of nitrogens with two attached hydrogens (primary N) is 1. The molecule has 0 saturated heterocycles. The largest absolute Gasteiger partial charge is 0.480 e. The lowest BCUT2D eigenvalue weighted by atomic mass is 10.1. The van der Waals surface area contributed by atoms with Crippen LogP contribution in [0.15, 0.2) is 23.4 Å². The molecule has 0 aliphatic carbocycles. The van der Waals surface area contributed by atoms with E-state index in [0.29, 0.717) is 17.1 Å². The maximum atomic E-state index is 11.1. The van der Waals surface area contributed by atoms with Gasteiger partial charge in [-0.25, -0.2) is 4.98 Å². The Hall–Kier alpha value is -1.23. The van der Waals surface area contributed by atoms with Crippen molar-refractivity contribution in [3.05, 3.63) is 18.3 Å². The molecule has 0 aliphatic heterocycles. The molecular formula is C10H14N2O2S. The van der Waals surface area contributed by atoms with E-state index in [9.17, 15) is 4.79 Å². The molecule has 1 heterocycles. The number of hydrogen-bond acceptors (Lipinski definition) is 4. The van der Waals surface area contributed by atoms with Crippen molar-refractivity contribution in [2.24, 2.45) is 0 Å². The number of nitrogen functional groups attached to an aromatic ring is 1. The van der Waals surface area contributed by atoms with Crippen LogP contribution in [0.25, 0.3) is 0 Å². The molecule has 15 heavy (non-hydrogen) atoms. The SMILES string of the molecule is CCC(C)(Sc1ncccc1N)C(=O)O. The van der Waals surface area contributed by atoms with Gasteiger partial charge in [0, 0.05) is 6.20 Å². The van der Waals surface area contributed by atoms with Crippen molar-refractivity contribution in [2.45, 2.75) is 30.0 Å². The molecule has 4 nitrogen and oxygen atoms in total. The van der Waals surface area contributed by atoms with Crippen molar-refractivity contribution < 1.29 is 9.90 Å². The Balaban J connectivity index is 2.94. The van der Waals surface area contributed by atoms with Crippen LogP contribution in [0.3, 0.4) is 0 Å². The molecular weight excluding hydrogens is 212 g/mol. The Labute approximate surface area is 92.9 Å². The summed E-state index contributed by atoms with van der Waals surface area (Å²) >= 11 is 1.19. The molecule has 1 atom stereocenters. The summed E-state index contributed by atoms with van der Waals surface area (Å²) in [6.07, 6.45) is 2.12. The highest BCUT2D eigenvalue weighted by atomic mass is 32.2. The molecule has 1 aromatic heterocycles. The van der Waals surface area contributed by atoms with E-state index in [1.807, 2.05) is 6.92 Å². The normalized spacial score (nSPS) is 14.5. The molecule has 0 fully saturated rings. The molecule has 1 aromatic rings. The molecule has 5 heteroatoms. The number of nitrogens with zero attached hydrogens (tertiary/aromatic N) is 1. The van der Waals surface area contributed by atoms with Crippen molar-refractivity contribution in [3.8, 4) is 0 Å². The molecule has 1 unspecified atom stereocenters. The summed E-state index contributed by atoms with van der Waals surface area (Å²) in [5, 5.41) is 9.67. The van der Waals surface area contributed by atoms with Gasteiger partial charge in [0.1, 0.15) is 9.77 Å². The van der Waals surface area contributed by atoms with E-state index in [1.54, 1.807) is 25.3 Å². The predicted octanol–water partition coefficient (Wildman–Crippen LogP) is 2.01. The van der Waals surface area contributed by atoms with E-state index in [1.165, 1.54) is 11.8 Å². The lowest BCUT2D eigenvalue weighted by Gasteiger charge is -2.22. The van der Waals surface area contributed by atoms with Gasteiger partial charge in [-0.3, -0.25) is 4.79 Å². The first-order valence-electron chi connectivity index (χ1n) is 4.62. The number of aromatic nitrogens is 1. The minimum absolute atomic E-state index is 0.517. The highest BCUT2D eigenvalue weighted by Gasteiger charge is 2.33. The summed E-state index contributed by atoms with van der Waals surface area (Å²) in [7, 11) is 0. The summed E-state index contributed by atoms with van der Waals surface area (Å²) in [6, 6.07) is 3.44. The summed E-state index contributed by atoms with van der Waals surface area (Å²) in [5.74, 6) is -0.847. The van der Waals surface area contributed by atoms with Gasteiger partial charge in [0.25, 0.3) is 0 Å². The highest BCUT2D eigenvalue weighted by Crippen LogP contribution is 2.36. The number of aliphatic carboxylic acids is 1. The van der Waals surface area contributed by atoms with Crippen molar-refractivity contribution in [3.63, 3.8) is 0 Å². The molecule has 0 aromatic carbocycles. The van der Waals surface area contributed by atoms with E-state index >= 15 is 0 Å². The van der Waals surface area contributed by atoms with Gasteiger partial charge in [0.2, 0.25) is 0 Å². The van der Waals surface area contributed by atoms with Crippen LogP contribution in [0.4, 0.5) is 5.69 Å². The number of rotatable bonds is 4. The number of anilines is 1. The third kappa shape index (κ3) is 2.62. The number of carboxylic acids is 1. The highest BCUT2D eigenvalue weighted by molar-refractivity contribution is 8.01. The second-order valence-electron chi connectivity index (χ2n) is 3.39. The van der Waals surface area contributed by atoms with Crippen molar-refractivity contribution >= 4 is 23.4 Å². The summed E-state index contributed by atoms with van der Waals surface area (Å²) in [4.78, 5) is 15.1. The fourth-order valence-corrected chi connectivity index (χ4v) is 1.93. The maximum absolute atomic E-state index is 11.1. The van der Waals surface area contributed by atoms with E-state index in [-0.39, 0.29) is 0 Å². The minimum Gasteiger partial charge on any atom is -0.480 e. The van der Waals surface area contributed by atoms with Crippen molar-refractivity contribution in [1.82, 2.24) is 4.98 Å². The van der Waals surface area contributed by atoms with Crippen LogP contribution >= 0.6 is 11.8 Å². The Kier molecular flexibility index (Phi) is 3.57. The van der Waals surface area contributed by atoms with Crippen LogP contribution in [-0.4, -0.2) is 20.8 Å². The number of thioether (sulfide) groups is 1. The van der Waals surface area contributed by atoms with Gasteiger partial charge in [-0.05, 0) is 25.5 Å². The van der Waals surface area contributed by atoms with Crippen LogP contribution in [0.5, 0.6) is 0 Å². The fourth-order valence-electron chi connectivity index (χ4n) is 0.969. The zero-order chi connectivity index (χ0) is 11.5. The van der Waals surface area contributed by atoms with E-state index in [4.69, 9.17) is 10.8 Å². The third-order valence-corrected chi connectivity index (χ3v) is 3.70. The smallest absolute Gasteiger partial charge is 0.319 e. The maximum Gasteiger partial charge on any atom is 0.319 e. The topological polar surface area (TPSA) is 76.2 Å². The lowest BCUT2D eigenvalue weighted by Crippen LogP contribution is -2.30. The average molecular weight is 226 g/mol. The Morgan fingerprint density at radius 3 is 2.87 bits per heavy atom. The van der Waals surface area contributed by atoms with Crippen LogP contribution in [0, 0.1) is 0 Å².